The van der Waals surface area contributed by atoms with Gasteiger partial charge < -0.3 is 10.6 Å². The lowest BCUT2D eigenvalue weighted by atomic mass is 9.91. The van der Waals surface area contributed by atoms with E-state index in [0.717, 1.165) is 13.0 Å². The molecular weight excluding hydrogens is 226 g/mol. The van der Waals surface area contributed by atoms with Crippen molar-refractivity contribution in [3.63, 3.8) is 0 Å². The van der Waals surface area contributed by atoms with Gasteiger partial charge in [-0.3, -0.25) is 4.99 Å². The molecule has 2 heterocycles. The smallest absolute Gasteiger partial charge is 0.191 e. The Morgan fingerprint density at radius 1 is 1.44 bits per heavy atom. The average Bonchev–Trinajstić information content (AvgIpc) is 2.53. The number of rotatable bonds is 2. The second-order valence-corrected chi connectivity index (χ2v) is 7.01. The van der Waals surface area contributed by atoms with Gasteiger partial charge in [0.05, 0.1) is 23.6 Å². The number of nitrogens with zero attached hydrogens (tertiary/aromatic N) is 2. The van der Waals surface area contributed by atoms with E-state index < -0.39 is 9.84 Å². The van der Waals surface area contributed by atoms with E-state index in [9.17, 15) is 8.42 Å². The molecule has 0 aromatic rings. The zero-order chi connectivity index (χ0) is 11.8. The van der Waals surface area contributed by atoms with E-state index in [2.05, 4.69) is 16.8 Å². The van der Waals surface area contributed by atoms with Crippen molar-refractivity contribution in [1.29, 1.82) is 0 Å². The molecule has 5 nitrogen and oxygen atoms in total. The maximum atomic E-state index is 11.4. The van der Waals surface area contributed by atoms with E-state index in [1.807, 2.05) is 0 Å². The first-order valence-corrected chi connectivity index (χ1v) is 7.59. The van der Waals surface area contributed by atoms with Crippen LogP contribution < -0.4 is 5.73 Å². The monoisotopic (exact) mass is 245 g/mol. The molecule has 2 N–H and O–H groups in total. The number of hydrogen-bond acceptors (Lipinski definition) is 5. The highest BCUT2D eigenvalue weighted by atomic mass is 32.2. The second-order valence-electron chi connectivity index (χ2n) is 4.70. The predicted octanol–water partition coefficient (Wildman–Crippen LogP) is -0.0259. The normalized spacial score (nSPS) is 27.1. The van der Waals surface area contributed by atoms with Gasteiger partial charge in [0.15, 0.2) is 15.8 Å². The Bertz CT molecular complexity index is 388. The van der Waals surface area contributed by atoms with Gasteiger partial charge in [0.2, 0.25) is 0 Å². The van der Waals surface area contributed by atoms with Gasteiger partial charge in [0, 0.05) is 6.54 Å². The van der Waals surface area contributed by atoms with Crippen molar-refractivity contribution in [1.82, 2.24) is 4.90 Å². The number of guanidine groups is 1. The standard InChI is InChI=1S/C10H19N3O2S/c1-2-5-13-9(11)12-8-10(13)3-6-16(14,15)7-4-10/h2-8H2,1H3,(H2,11,12). The van der Waals surface area contributed by atoms with E-state index in [0.29, 0.717) is 25.3 Å². The summed E-state index contributed by atoms with van der Waals surface area (Å²) in [7, 11) is -2.82. The first kappa shape index (κ1) is 11.7. The van der Waals surface area contributed by atoms with Crippen LogP contribution in [0.1, 0.15) is 26.2 Å². The summed E-state index contributed by atoms with van der Waals surface area (Å²) in [6, 6.07) is 0. The Balaban J connectivity index is 2.15. The van der Waals surface area contributed by atoms with Gasteiger partial charge >= 0.3 is 0 Å². The first-order valence-electron chi connectivity index (χ1n) is 5.77. The summed E-state index contributed by atoms with van der Waals surface area (Å²) >= 11 is 0. The minimum atomic E-state index is -2.82. The van der Waals surface area contributed by atoms with Crippen molar-refractivity contribution in [2.45, 2.75) is 31.7 Å². The Labute approximate surface area is 96.6 Å². The fourth-order valence-electron chi connectivity index (χ4n) is 2.56. The van der Waals surface area contributed by atoms with Gasteiger partial charge in [-0.25, -0.2) is 8.42 Å². The molecule has 16 heavy (non-hydrogen) atoms. The van der Waals surface area contributed by atoms with E-state index >= 15 is 0 Å². The molecule has 1 spiro atoms. The number of sulfone groups is 1. The molecule has 6 heteroatoms. The van der Waals surface area contributed by atoms with Crippen LogP contribution >= 0.6 is 0 Å². The molecule has 0 atom stereocenters. The summed E-state index contributed by atoms with van der Waals surface area (Å²) in [5.41, 5.74) is 5.76. The van der Waals surface area contributed by atoms with Crippen molar-refractivity contribution in [2.75, 3.05) is 24.6 Å². The molecule has 1 fully saturated rings. The lowest BCUT2D eigenvalue weighted by Gasteiger charge is -2.41. The van der Waals surface area contributed by atoms with Gasteiger partial charge in [0.1, 0.15) is 0 Å². The molecule has 2 rings (SSSR count). The summed E-state index contributed by atoms with van der Waals surface area (Å²) in [4.78, 5) is 6.40. The van der Waals surface area contributed by atoms with Gasteiger partial charge in [-0.05, 0) is 19.3 Å². The van der Waals surface area contributed by atoms with Crippen molar-refractivity contribution in [2.24, 2.45) is 10.7 Å². The first-order chi connectivity index (χ1) is 7.49. The van der Waals surface area contributed by atoms with Crippen LogP contribution in [0.4, 0.5) is 0 Å². The summed E-state index contributed by atoms with van der Waals surface area (Å²) < 4.78 is 22.9. The average molecular weight is 245 g/mol. The summed E-state index contributed by atoms with van der Waals surface area (Å²) in [6.45, 7) is 3.63. The SMILES string of the molecule is CCCN1C(N)=NCC12CCS(=O)(=O)CC2. The molecule has 1 saturated heterocycles. The van der Waals surface area contributed by atoms with Crippen molar-refractivity contribution in [3.8, 4) is 0 Å². The lowest BCUT2D eigenvalue weighted by molar-refractivity contribution is 0.182. The third-order valence-electron chi connectivity index (χ3n) is 3.59. The van der Waals surface area contributed by atoms with Crippen LogP contribution in [0.25, 0.3) is 0 Å². The van der Waals surface area contributed by atoms with Gasteiger partial charge in [-0.2, -0.15) is 0 Å². The lowest BCUT2D eigenvalue weighted by Crippen LogP contribution is -2.55. The molecule has 0 amide bonds. The zero-order valence-electron chi connectivity index (χ0n) is 9.65. The molecule has 0 aromatic heterocycles. The third kappa shape index (κ3) is 1.90. The van der Waals surface area contributed by atoms with Gasteiger partial charge in [-0.15, -0.1) is 0 Å². The molecule has 0 aliphatic carbocycles. The molecule has 2 aliphatic rings. The van der Waals surface area contributed by atoms with Crippen molar-refractivity contribution < 1.29 is 8.42 Å². The molecule has 0 aromatic carbocycles. The fraction of sp³-hybridized carbons (Fsp3) is 0.900. The largest absolute Gasteiger partial charge is 0.370 e. The second kappa shape index (κ2) is 3.91. The number of hydrogen-bond donors (Lipinski definition) is 1. The Hall–Kier alpha value is -0.780. The third-order valence-corrected chi connectivity index (χ3v) is 5.24. The van der Waals surface area contributed by atoms with Gasteiger partial charge in [0.25, 0.3) is 0 Å². The summed E-state index contributed by atoms with van der Waals surface area (Å²) in [6.07, 6.45) is 2.34. The van der Waals surface area contributed by atoms with Crippen LogP contribution in [0.5, 0.6) is 0 Å². The highest BCUT2D eigenvalue weighted by Gasteiger charge is 2.45. The highest BCUT2D eigenvalue weighted by molar-refractivity contribution is 7.91. The molecule has 0 unspecified atom stereocenters. The summed E-state index contributed by atoms with van der Waals surface area (Å²) in [5, 5.41) is 0. The van der Waals surface area contributed by atoms with Crippen LogP contribution in [0.2, 0.25) is 0 Å². The minimum Gasteiger partial charge on any atom is -0.370 e. The maximum absolute atomic E-state index is 11.4. The van der Waals surface area contributed by atoms with Crippen molar-refractivity contribution in [3.05, 3.63) is 0 Å². The maximum Gasteiger partial charge on any atom is 0.191 e. The minimum absolute atomic E-state index is 0.106. The number of nitrogens with two attached hydrogens (primary N) is 1. The molecule has 0 radical (unpaired) electrons. The predicted molar refractivity (Wildman–Crippen MR) is 64.1 cm³/mol. The molecular formula is C10H19N3O2S. The van der Waals surface area contributed by atoms with Crippen LogP contribution in [0.3, 0.4) is 0 Å². The van der Waals surface area contributed by atoms with Crippen LogP contribution in [-0.4, -0.2) is 49.4 Å². The van der Waals surface area contributed by atoms with Gasteiger partial charge in [-0.1, -0.05) is 6.92 Å². The van der Waals surface area contributed by atoms with Crippen LogP contribution in [0, 0.1) is 0 Å². The van der Waals surface area contributed by atoms with Crippen LogP contribution in [0.15, 0.2) is 4.99 Å². The zero-order valence-corrected chi connectivity index (χ0v) is 10.5. The molecule has 0 bridgehead atoms. The van der Waals surface area contributed by atoms with Crippen LogP contribution in [-0.2, 0) is 9.84 Å². The molecule has 92 valence electrons. The molecule has 2 aliphatic heterocycles. The topological polar surface area (TPSA) is 75.8 Å². The van der Waals surface area contributed by atoms with Crippen molar-refractivity contribution >= 4 is 15.8 Å². The molecule has 0 saturated carbocycles. The Morgan fingerprint density at radius 3 is 2.62 bits per heavy atom. The van der Waals surface area contributed by atoms with E-state index in [-0.39, 0.29) is 17.0 Å². The summed E-state index contributed by atoms with van der Waals surface area (Å²) in [5.74, 6) is 1.13. The fourth-order valence-corrected chi connectivity index (χ4v) is 4.15. The van der Waals surface area contributed by atoms with E-state index in [1.54, 1.807) is 0 Å². The van der Waals surface area contributed by atoms with E-state index in [4.69, 9.17) is 5.73 Å². The highest BCUT2D eigenvalue weighted by Crippen LogP contribution is 2.33. The Morgan fingerprint density at radius 2 is 2.06 bits per heavy atom. The van der Waals surface area contributed by atoms with E-state index in [1.165, 1.54) is 0 Å². The quantitative estimate of drug-likeness (QED) is 0.741. The number of aliphatic imine (C=N–C) groups is 1. The Kier molecular flexibility index (Phi) is 2.86.